The third-order valence-electron chi connectivity index (χ3n) is 2.99. The lowest BCUT2D eigenvalue weighted by molar-refractivity contribution is 0.528. The van der Waals surface area contributed by atoms with E-state index < -0.39 is 17.7 Å². The molecule has 5 heteroatoms. The molecule has 1 aromatic heterocycles. The average Bonchev–Trinajstić information content (AvgIpc) is 2.63. The summed E-state index contributed by atoms with van der Waals surface area (Å²) in [5, 5.41) is 4.13. The van der Waals surface area contributed by atoms with Crippen LogP contribution in [0.15, 0.2) is 18.2 Å². The zero-order valence-electron chi connectivity index (χ0n) is 10.5. The average molecular weight is 251 g/mol. The summed E-state index contributed by atoms with van der Waals surface area (Å²) in [5.41, 5.74) is 7.56. The van der Waals surface area contributed by atoms with E-state index in [-0.39, 0.29) is 5.56 Å². The van der Waals surface area contributed by atoms with Gasteiger partial charge in [0.25, 0.3) is 0 Å². The van der Waals surface area contributed by atoms with E-state index in [1.165, 1.54) is 12.1 Å². The molecule has 18 heavy (non-hydrogen) atoms. The molecule has 0 saturated heterocycles. The number of aryl methyl sites for hydroxylation is 3. The van der Waals surface area contributed by atoms with Crippen molar-refractivity contribution in [1.29, 1.82) is 0 Å². The standard InChI is InChI=1S/C13H15F2N3/c1-7-4-5-9(14)11(12(7)15)13(16)10-6-8(2)17-18(10)3/h4-6,13H,16H2,1-3H3. The van der Waals surface area contributed by atoms with Crippen LogP contribution in [0.1, 0.15) is 28.6 Å². The van der Waals surface area contributed by atoms with Crippen LogP contribution in [-0.4, -0.2) is 9.78 Å². The van der Waals surface area contributed by atoms with Gasteiger partial charge >= 0.3 is 0 Å². The van der Waals surface area contributed by atoms with Gasteiger partial charge in [-0.25, -0.2) is 8.78 Å². The predicted molar refractivity (Wildman–Crippen MR) is 65.1 cm³/mol. The lowest BCUT2D eigenvalue weighted by Gasteiger charge is -2.15. The van der Waals surface area contributed by atoms with Crippen LogP contribution in [0, 0.1) is 25.5 Å². The van der Waals surface area contributed by atoms with Gasteiger partial charge in [-0.15, -0.1) is 0 Å². The summed E-state index contributed by atoms with van der Waals surface area (Å²) in [5.74, 6) is -1.23. The lowest BCUT2D eigenvalue weighted by atomic mass is 10.0. The van der Waals surface area contributed by atoms with Crippen LogP contribution in [0.3, 0.4) is 0 Å². The number of benzene rings is 1. The first-order valence-electron chi connectivity index (χ1n) is 5.62. The van der Waals surface area contributed by atoms with Gasteiger partial charge in [0, 0.05) is 12.6 Å². The highest BCUT2D eigenvalue weighted by molar-refractivity contribution is 5.34. The topological polar surface area (TPSA) is 43.8 Å². The monoisotopic (exact) mass is 251 g/mol. The summed E-state index contributed by atoms with van der Waals surface area (Å²) in [7, 11) is 1.70. The minimum atomic E-state index is -0.865. The summed E-state index contributed by atoms with van der Waals surface area (Å²) >= 11 is 0. The highest BCUT2D eigenvalue weighted by Gasteiger charge is 2.22. The Morgan fingerprint density at radius 1 is 1.28 bits per heavy atom. The van der Waals surface area contributed by atoms with Crippen molar-refractivity contribution < 1.29 is 8.78 Å². The van der Waals surface area contributed by atoms with E-state index >= 15 is 0 Å². The zero-order valence-corrected chi connectivity index (χ0v) is 10.5. The first-order chi connectivity index (χ1) is 8.41. The fourth-order valence-corrected chi connectivity index (χ4v) is 2.03. The molecule has 0 saturated carbocycles. The largest absolute Gasteiger partial charge is 0.319 e. The van der Waals surface area contributed by atoms with Gasteiger partial charge in [-0.1, -0.05) is 6.07 Å². The van der Waals surface area contributed by atoms with E-state index in [0.717, 1.165) is 5.69 Å². The highest BCUT2D eigenvalue weighted by atomic mass is 19.1. The van der Waals surface area contributed by atoms with E-state index in [1.54, 1.807) is 31.6 Å². The number of nitrogens with zero attached hydrogens (tertiary/aromatic N) is 2. The van der Waals surface area contributed by atoms with Gasteiger partial charge in [0.1, 0.15) is 11.6 Å². The molecule has 0 aliphatic heterocycles. The Morgan fingerprint density at radius 3 is 2.50 bits per heavy atom. The molecule has 1 heterocycles. The normalized spacial score (nSPS) is 12.8. The number of hydrogen-bond acceptors (Lipinski definition) is 2. The van der Waals surface area contributed by atoms with E-state index in [2.05, 4.69) is 5.10 Å². The van der Waals surface area contributed by atoms with Gasteiger partial charge in [-0.3, -0.25) is 4.68 Å². The summed E-state index contributed by atoms with van der Waals surface area (Å²) in [4.78, 5) is 0. The molecule has 1 atom stereocenters. The van der Waals surface area contributed by atoms with E-state index in [9.17, 15) is 8.78 Å². The SMILES string of the molecule is Cc1cc(C(N)c2c(F)ccc(C)c2F)n(C)n1. The lowest BCUT2D eigenvalue weighted by Crippen LogP contribution is -2.19. The Labute approximate surface area is 104 Å². The van der Waals surface area contributed by atoms with Crippen LogP contribution in [0.5, 0.6) is 0 Å². The first-order valence-corrected chi connectivity index (χ1v) is 5.62. The highest BCUT2D eigenvalue weighted by Crippen LogP contribution is 2.26. The third-order valence-corrected chi connectivity index (χ3v) is 2.99. The molecule has 2 rings (SSSR count). The Morgan fingerprint density at radius 2 is 1.94 bits per heavy atom. The van der Waals surface area contributed by atoms with Crippen molar-refractivity contribution in [2.45, 2.75) is 19.9 Å². The second kappa shape index (κ2) is 4.49. The van der Waals surface area contributed by atoms with Gasteiger partial charge in [-0.2, -0.15) is 5.10 Å². The Hall–Kier alpha value is -1.75. The van der Waals surface area contributed by atoms with Crippen LogP contribution in [-0.2, 0) is 7.05 Å². The molecular formula is C13H15F2N3. The Kier molecular flexibility index (Phi) is 3.17. The third kappa shape index (κ3) is 2.01. The van der Waals surface area contributed by atoms with Gasteiger partial charge in [0.05, 0.1) is 17.4 Å². The van der Waals surface area contributed by atoms with Crippen molar-refractivity contribution >= 4 is 0 Å². The minimum absolute atomic E-state index is 0.113. The molecule has 2 aromatic rings. The molecule has 1 unspecified atom stereocenters. The van der Waals surface area contributed by atoms with Crippen LogP contribution in [0.2, 0.25) is 0 Å². The molecule has 0 fully saturated rings. The van der Waals surface area contributed by atoms with E-state index in [4.69, 9.17) is 5.73 Å². The zero-order chi connectivity index (χ0) is 13.4. The van der Waals surface area contributed by atoms with Crippen LogP contribution >= 0.6 is 0 Å². The second-order valence-electron chi connectivity index (χ2n) is 4.40. The molecule has 0 aliphatic carbocycles. The van der Waals surface area contributed by atoms with Gasteiger partial charge in [0.15, 0.2) is 0 Å². The van der Waals surface area contributed by atoms with Crippen LogP contribution in [0.4, 0.5) is 8.78 Å². The second-order valence-corrected chi connectivity index (χ2v) is 4.40. The molecule has 0 amide bonds. The molecule has 0 aliphatic rings. The quantitative estimate of drug-likeness (QED) is 0.890. The predicted octanol–water partition coefficient (Wildman–Crippen LogP) is 2.36. The molecule has 2 N–H and O–H groups in total. The first kappa shape index (κ1) is 12.7. The van der Waals surface area contributed by atoms with Crippen LogP contribution < -0.4 is 5.73 Å². The van der Waals surface area contributed by atoms with Crippen molar-refractivity contribution in [3.63, 3.8) is 0 Å². The smallest absolute Gasteiger partial charge is 0.134 e. The maximum Gasteiger partial charge on any atom is 0.134 e. The maximum atomic E-state index is 14.0. The van der Waals surface area contributed by atoms with Crippen molar-refractivity contribution in [3.8, 4) is 0 Å². The molecule has 1 aromatic carbocycles. The number of hydrogen-bond donors (Lipinski definition) is 1. The van der Waals surface area contributed by atoms with Gasteiger partial charge < -0.3 is 5.73 Å². The maximum absolute atomic E-state index is 14.0. The number of aromatic nitrogens is 2. The summed E-state index contributed by atoms with van der Waals surface area (Å²) in [6.07, 6.45) is 0. The fraction of sp³-hybridized carbons (Fsp3) is 0.308. The molecular weight excluding hydrogens is 236 g/mol. The van der Waals surface area contributed by atoms with Crippen LogP contribution in [0.25, 0.3) is 0 Å². The van der Waals surface area contributed by atoms with E-state index in [1.807, 2.05) is 0 Å². The summed E-state index contributed by atoms with van der Waals surface area (Å²) in [6, 6.07) is 3.49. The molecule has 96 valence electrons. The van der Waals surface area contributed by atoms with E-state index in [0.29, 0.717) is 11.3 Å². The van der Waals surface area contributed by atoms with Crippen molar-refractivity contribution in [2.75, 3.05) is 0 Å². The summed E-state index contributed by atoms with van der Waals surface area (Å²) in [6.45, 7) is 3.39. The van der Waals surface area contributed by atoms with Crippen molar-refractivity contribution in [3.05, 3.63) is 52.3 Å². The van der Waals surface area contributed by atoms with Gasteiger partial charge in [-0.05, 0) is 31.5 Å². The Bertz CT molecular complexity index is 590. The van der Waals surface area contributed by atoms with Crippen molar-refractivity contribution in [2.24, 2.45) is 12.8 Å². The minimum Gasteiger partial charge on any atom is -0.319 e. The Balaban J connectivity index is 2.56. The molecule has 0 spiro atoms. The molecule has 0 radical (unpaired) electrons. The van der Waals surface area contributed by atoms with Gasteiger partial charge in [0.2, 0.25) is 0 Å². The van der Waals surface area contributed by atoms with Crippen molar-refractivity contribution in [1.82, 2.24) is 9.78 Å². The molecule has 0 bridgehead atoms. The fourth-order valence-electron chi connectivity index (χ4n) is 2.03. The number of rotatable bonds is 2. The number of halogens is 2. The molecule has 3 nitrogen and oxygen atoms in total. The number of nitrogens with two attached hydrogens (primary N) is 1. The summed E-state index contributed by atoms with van der Waals surface area (Å²) < 4.78 is 29.3.